The summed E-state index contributed by atoms with van der Waals surface area (Å²) in [6, 6.07) is 5.48. The average Bonchev–Trinajstić information content (AvgIpc) is 3.02. The molecule has 2 atom stereocenters. The number of nitrogens with zero attached hydrogens (tertiary/aromatic N) is 2. The summed E-state index contributed by atoms with van der Waals surface area (Å²) in [7, 11) is 1.45. The van der Waals surface area contributed by atoms with Crippen molar-refractivity contribution in [1.82, 2.24) is 10.2 Å². The summed E-state index contributed by atoms with van der Waals surface area (Å²) < 4.78 is 5.09. The number of nitro benzene ring substituents is 1. The molecule has 0 radical (unpaired) electrons. The molecule has 1 aromatic rings. The third-order valence-electron chi connectivity index (χ3n) is 4.14. The molecule has 0 saturated carbocycles. The number of nitro groups is 1. The van der Waals surface area contributed by atoms with Gasteiger partial charge in [-0.3, -0.25) is 19.7 Å². The first-order valence-corrected chi connectivity index (χ1v) is 9.22. The Morgan fingerprint density at radius 1 is 1.33 bits per heavy atom. The van der Waals surface area contributed by atoms with Crippen LogP contribution >= 0.6 is 11.8 Å². The molecule has 1 aliphatic rings. The molecule has 27 heavy (non-hydrogen) atoms. The van der Waals surface area contributed by atoms with Crippen LogP contribution in [0.1, 0.15) is 18.9 Å². The molecule has 0 aromatic heterocycles. The molecule has 0 unspecified atom stereocenters. The van der Waals surface area contributed by atoms with E-state index in [0.717, 1.165) is 0 Å². The van der Waals surface area contributed by atoms with Gasteiger partial charge in [-0.2, -0.15) is 0 Å². The number of nitrogens with one attached hydrogen (secondary N) is 1. The molecule has 1 aliphatic heterocycles. The third-order valence-corrected chi connectivity index (χ3v) is 5.15. The molecule has 1 fully saturated rings. The number of amides is 2. The van der Waals surface area contributed by atoms with Gasteiger partial charge in [0, 0.05) is 37.9 Å². The molecule has 2 amide bonds. The lowest BCUT2D eigenvalue weighted by atomic mass is 10.1. The van der Waals surface area contributed by atoms with Crippen LogP contribution in [0.4, 0.5) is 10.5 Å². The molecule has 0 bridgehead atoms. The minimum atomic E-state index is -0.583. The number of rotatable bonds is 6. The summed E-state index contributed by atoms with van der Waals surface area (Å²) in [6.07, 6.45) is 0.0412. The number of thioether (sulfide) groups is 1. The SMILES string of the molecule is CNC(=O)OC[C@@H]1C[C@H](SC(C)=O)CN1C(=O)Cc1ccc([N+](=O)[O-])cc1. The molecule has 1 aromatic carbocycles. The zero-order chi connectivity index (χ0) is 20.0. The van der Waals surface area contributed by atoms with E-state index in [1.165, 1.54) is 37.9 Å². The Bertz CT molecular complexity index is 724. The van der Waals surface area contributed by atoms with E-state index in [-0.39, 0.29) is 41.0 Å². The monoisotopic (exact) mass is 395 g/mol. The topological polar surface area (TPSA) is 119 Å². The van der Waals surface area contributed by atoms with Crippen molar-refractivity contribution in [2.45, 2.75) is 31.1 Å². The Balaban J connectivity index is 2.05. The van der Waals surface area contributed by atoms with Crippen molar-refractivity contribution in [2.75, 3.05) is 20.2 Å². The summed E-state index contributed by atoms with van der Waals surface area (Å²) in [5.41, 5.74) is 0.612. The van der Waals surface area contributed by atoms with Crippen molar-refractivity contribution in [3.05, 3.63) is 39.9 Å². The minimum absolute atomic E-state index is 0.0318. The Kier molecular flexibility index (Phi) is 7.17. The molecule has 1 saturated heterocycles. The summed E-state index contributed by atoms with van der Waals surface area (Å²) in [5, 5.41) is 13.0. The Labute approximate surface area is 160 Å². The van der Waals surface area contributed by atoms with Crippen LogP contribution in [0, 0.1) is 10.1 Å². The van der Waals surface area contributed by atoms with Gasteiger partial charge in [0.15, 0.2) is 5.12 Å². The maximum Gasteiger partial charge on any atom is 0.406 e. The fourth-order valence-electron chi connectivity index (χ4n) is 2.91. The lowest BCUT2D eigenvalue weighted by molar-refractivity contribution is -0.384. The standard InChI is InChI=1S/C17H21N3O6S/c1-11(21)27-15-8-14(10-26-17(23)18-2)19(9-15)16(22)7-12-3-5-13(6-4-12)20(24)25/h3-6,14-15H,7-10H2,1-2H3,(H,18,23)/t14-,15-/m0/s1. The van der Waals surface area contributed by atoms with E-state index >= 15 is 0 Å². The zero-order valence-corrected chi connectivity index (χ0v) is 15.9. The maximum atomic E-state index is 12.7. The number of hydrogen-bond acceptors (Lipinski definition) is 7. The van der Waals surface area contributed by atoms with Crippen molar-refractivity contribution in [2.24, 2.45) is 0 Å². The van der Waals surface area contributed by atoms with Crippen LogP contribution in [0.25, 0.3) is 0 Å². The van der Waals surface area contributed by atoms with Gasteiger partial charge < -0.3 is 15.0 Å². The van der Waals surface area contributed by atoms with Crippen LogP contribution in [-0.4, -0.2) is 58.4 Å². The van der Waals surface area contributed by atoms with Gasteiger partial charge in [-0.25, -0.2) is 4.79 Å². The second-order valence-corrected chi connectivity index (χ2v) is 7.59. The number of likely N-dealkylation sites (tertiary alicyclic amines) is 1. The van der Waals surface area contributed by atoms with Crippen LogP contribution in [0.5, 0.6) is 0 Å². The van der Waals surface area contributed by atoms with Gasteiger partial charge >= 0.3 is 6.09 Å². The summed E-state index contributed by atoms with van der Waals surface area (Å²) in [6.45, 7) is 1.90. The molecule has 146 valence electrons. The molecule has 0 spiro atoms. The quantitative estimate of drug-likeness (QED) is 0.575. The van der Waals surface area contributed by atoms with E-state index in [2.05, 4.69) is 5.32 Å². The zero-order valence-electron chi connectivity index (χ0n) is 15.0. The molecule has 2 rings (SSSR count). The highest BCUT2D eigenvalue weighted by atomic mass is 32.2. The highest BCUT2D eigenvalue weighted by Crippen LogP contribution is 2.29. The summed E-state index contributed by atoms with van der Waals surface area (Å²) in [5.74, 6) is -0.180. The minimum Gasteiger partial charge on any atom is -0.447 e. The first-order chi connectivity index (χ1) is 12.8. The molecular formula is C17H21N3O6S. The van der Waals surface area contributed by atoms with Gasteiger partial charge in [0.1, 0.15) is 6.61 Å². The molecule has 0 aliphatic carbocycles. The number of alkyl carbamates (subject to hydrolysis) is 1. The van der Waals surface area contributed by atoms with Crippen molar-refractivity contribution < 1.29 is 24.0 Å². The van der Waals surface area contributed by atoms with E-state index in [1.54, 1.807) is 17.0 Å². The number of benzene rings is 1. The van der Waals surface area contributed by atoms with Crippen molar-refractivity contribution in [3.8, 4) is 0 Å². The van der Waals surface area contributed by atoms with Gasteiger partial charge in [0.05, 0.1) is 17.4 Å². The van der Waals surface area contributed by atoms with Gasteiger partial charge in [0.2, 0.25) is 5.91 Å². The fourth-order valence-corrected chi connectivity index (χ4v) is 3.94. The Morgan fingerprint density at radius 3 is 2.56 bits per heavy atom. The number of ether oxygens (including phenoxy) is 1. The lowest BCUT2D eigenvalue weighted by Crippen LogP contribution is -2.40. The lowest BCUT2D eigenvalue weighted by Gasteiger charge is -2.24. The van der Waals surface area contributed by atoms with Gasteiger partial charge in [-0.1, -0.05) is 23.9 Å². The highest BCUT2D eigenvalue weighted by Gasteiger charge is 2.36. The number of non-ortho nitro benzene ring substituents is 1. The number of hydrogen-bond donors (Lipinski definition) is 1. The van der Waals surface area contributed by atoms with Crippen LogP contribution in [0.2, 0.25) is 0 Å². The van der Waals surface area contributed by atoms with Crippen LogP contribution in [0.3, 0.4) is 0 Å². The van der Waals surface area contributed by atoms with E-state index in [1.807, 2.05) is 0 Å². The summed E-state index contributed by atoms with van der Waals surface area (Å²) >= 11 is 1.17. The molecule has 1 heterocycles. The first kappa shape index (κ1) is 20.7. The largest absolute Gasteiger partial charge is 0.447 e. The number of carbonyl (C=O) groups is 3. The first-order valence-electron chi connectivity index (χ1n) is 8.34. The van der Waals surface area contributed by atoms with E-state index in [9.17, 15) is 24.5 Å². The third kappa shape index (κ3) is 5.95. The highest BCUT2D eigenvalue weighted by molar-refractivity contribution is 8.14. The Morgan fingerprint density at radius 2 is 2.00 bits per heavy atom. The molecule has 1 N–H and O–H groups in total. The molecular weight excluding hydrogens is 374 g/mol. The van der Waals surface area contributed by atoms with Crippen molar-refractivity contribution in [3.63, 3.8) is 0 Å². The normalized spacial score (nSPS) is 18.8. The van der Waals surface area contributed by atoms with Crippen molar-refractivity contribution >= 4 is 34.6 Å². The van der Waals surface area contributed by atoms with Crippen molar-refractivity contribution in [1.29, 1.82) is 0 Å². The smallest absolute Gasteiger partial charge is 0.406 e. The second-order valence-electron chi connectivity index (χ2n) is 6.12. The molecule has 9 nitrogen and oxygen atoms in total. The van der Waals surface area contributed by atoms with E-state index in [4.69, 9.17) is 4.74 Å². The van der Waals surface area contributed by atoms with Crippen LogP contribution in [-0.2, 0) is 20.7 Å². The summed E-state index contributed by atoms with van der Waals surface area (Å²) in [4.78, 5) is 47.3. The van der Waals surface area contributed by atoms with E-state index in [0.29, 0.717) is 18.5 Å². The number of carbonyl (C=O) groups excluding carboxylic acids is 3. The Hall–Kier alpha value is -2.62. The molecule has 10 heteroatoms. The predicted octanol–water partition coefficient (Wildman–Crippen LogP) is 1.74. The van der Waals surface area contributed by atoms with Crippen LogP contribution < -0.4 is 5.32 Å². The fraction of sp³-hybridized carbons (Fsp3) is 0.471. The van der Waals surface area contributed by atoms with Gasteiger partial charge in [0.25, 0.3) is 5.69 Å². The van der Waals surface area contributed by atoms with Gasteiger partial charge in [-0.05, 0) is 12.0 Å². The second kappa shape index (κ2) is 9.36. The predicted molar refractivity (Wildman–Crippen MR) is 99.4 cm³/mol. The van der Waals surface area contributed by atoms with Crippen LogP contribution in [0.15, 0.2) is 24.3 Å². The maximum absolute atomic E-state index is 12.7. The average molecular weight is 395 g/mol. The van der Waals surface area contributed by atoms with Gasteiger partial charge in [-0.15, -0.1) is 0 Å². The van der Waals surface area contributed by atoms with E-state index < -0.39 is 11.0 Å².